The van der Waals surface area contributed by atoms with Crippen molar-refractivity contribution < 1.29 is 19.5 Å². The summed E-state index contributed by atoms with van der Waals surface area (Å²) in [6.45, 7) is 4.94. The lowest BCUT2D eigenvalue weighted by Crippen LogP contribution is -2.31. The highest BCUT2D eigenvalue weighted by atomic mass is 16.4. The van der Waals surface area contributed by atoms with Crippen LogP contribution in [0.3, 0.4) is 0 Å². The van der Waals surface area contributed by atoms with E-state index in [0.717, 1.165) is 0 Å². The number of hydrogen-bond acceptors (Lipinski definition) is 3. The van der Waals surface area contributed by atoms with Crippen LogP contribution in [0.15, 0.2) is 24.3 Å². The Morgan fingerprint density at radius 1 is 1.25 bits per heavy atom. The number of hydrogen-bond donors (Lipinski definition) is 1. The topological polar surface area (TPSA) is 74.7 Å². The molecule has 5 nitrogen and oxygen atoms in total. The first-order valence-corrected chi connectivity index (χ1v) is 6.46. The molecule has 2 rings (SSSR count). The van der Waals surface area contributed by atoms with E-state index in [2.05, 4.69) is 0 Å². The summed E-state index contributed by atoms with van der Waals surface area (Å²) in [6.07, 6.45) is 0.223. The van der Waals surface area contributed by atoms with Crippen LogP contribution in [0.2, 0.25) is 0 Å². The molecule has 0 radical (unpaired) electrons. The maximum Gasteiger partial charge on any atom is 0.313 e. The monoisotopic (exact) mass is 275 g/mol. The highest BCUT2D eigenvalue weighted by Crippen LogP contribution is 2.29. The summed E-state index contributed by atoms with van der Waals surface area (Å²) in [7, 11) is 0. The number of aliphatic carboxylic acids is 1. The van der Waals surface area contributed by atoms with Gasteiger partial charge in [-0.05, 0) is 31.5 Å². The third-order valence-corrected chi connectivity index (χ3v) is 3.75. The molecule has 1 aliphatic rings. The fraction of sp³-hybridized carbons (Fsp3) is 0.400. The van der Waals surface area contributed by atoms with Crippen LogP contribution in [-0.4, -0.2) is 22.9 Å². The Morgan fingerprint density at radius 3 is 2.20 bits per heavy atom. The molecule has 0 aromatic heterocycles. The number of carbonyl (C=O) groups excluding carboxylic acids is 2. The third kappa shape index (κ3) is 2.19. The quantitative estimate of drug-likeness (QED) is 0.855. The Kier molecular flexibility index (Phi) is 3.38. The van der Waals surface area contributed by atoms with Gasteiger partial charge in [0.1, 0.15) is 0 Å². The molecule has 0 bridgehead atoms. The van der Waals surface area contributed by atoms with Gasteiger partial charge in [-0.1, -0.05) is 19.1 Å². The summed E-state index contributed by atoms with van der Waals surface area (Å²) in [6, 6.07) is 6.53. The molecule has 1 aromatic rings. The van der Waals surface area contributed by atoms with Crippen LogP contribution in [0.1, 0.15) is 32.8 Å². The molecule has 0 aliphatic carbocycles. The van der Waals surface area contributed by atoms with Gasteiger partial charge in [-0.15, -0.1) is 0 Å². The predicted molar refractivity (Wildman–Crippen MR) is 73.4 cm³/mol. The zero-order valence-corrected chi connectivity index (χ0v) is 11.7. The van der Waals surface area contributed by atoms with Gasteiger partial charge in [0.25, 0.3) is 0 Å². The largest absolute Gasteiger partial charge is 0.481 e. The van der Waals surface area contributed by atoms with E-state index in [9.17, 15) is 19.5 Å². The number of rotatable bonds is 3. The number of carbonyl (C=O) groups is 3. The Bertz CT molecular complexity index is 574. The molecule has 1 aromatic carbocycles. The second-order valence-corrected chi connectivity index (χ2v) is 5.65. The fourth-order valence-corrected chi connectivity index (χ4v) is 2.21. The Labute approximate surface area is 117 Å². The highest BCUT2D eigenvalue weighted by molar-refractivity contribution is 6.20. The minimum absolute atomic E-state index is 0.208. The van der Waals surface area contributed by atoms with Gasteiger partial charge in [0.15, 0.2) is 0 Å². The smallest absolute Gasteiger partial charge is 0.313 e. The van der Waals surface area contributed by atoms with Crippen LogP contribution in [-0.2, 0) is 19.8 Å². The van der Waals surface area contributed by atoms with Crippen LogP contribution in [0.5, 0.6) is 0 Å². The zero-order valence-electron chi connectivity index (χ0n) is 11.7. The van der Waals surface area contributed by atoms with Gasteiger partial charge >= 0.3 is 5.97 Å². The van der Waals surface area contributed by atoms with E-state index in [1.165, 1.54) is 4.90 Å². The van der Waals surface area contributed by atoms with E-state index < -0.39 is 11.4 Å². The standard InChI is InChI=1S/C15H17NO4/c1-9-8-12(17)16(13(9)18)11-6-4-10(5-7-11)15(2,3)14(19)20/h4-7,9H,8H2,1-3H3,(H,19,20). The third-order valence-electron chi connectivity index (χ3n) is 3.75. The molecule has 2 amide bonds. The first-order chi connectivity index (χ1) is 9.25. The molecule has 0 spiro atoms. The van der Waals surface area contributed by atoms with E-state index in [0.29, 0.717) is 11.3 Å². The molecule has 0 saturated carbocycles. The lowest BCUT2D eigenvalue weighted by atomic mass is 9.85. The maximum absolute atomic E-state index is 11.9. The number of carboxylic acid groups (broad SMARTS) is 1. The van der Waals surface area contributed by atoms with Gasteiger partial charge < -0.3 is 5.11 Å². The van der Waals surface area contributed by atoms with Crippen molar-refractivity contribution in [1.82, 2.24) is 0 Å². The summed E-state index contributed by atoms with van der Waals surface area (Å²) in [4.78, 5) is 36.1. The van der Waals surface area contributed by atoms with Crippen LogP contribution in [0.4, 0.5) is 5.69 Å². The molecule has 1 atom stereocenters. The van der Waals surface area contributed by atoms with Crippen molar-refractivity contribution in [2.75, 3.05) is 4.90 Å². The van der Waals surface area contributed by atoms with Crippen molar-refractivity contribution in [2.24, 2.45) is 5.92 Å². The summed E-state index contributed by atoms with van der Waals surface area (Å²) in [5.74, 6) is -1.64. The first-order valence-electron chi connectivity index (χ1n) is 6.46. The summed E-state index contributed by atoms with van der Waals surface area (Å²) >= 11 is 0. The van der Waals surface area contributed by atoms with Crippen molar-refractivity contribution in [1.29, 1.82) is 0 Å². The second kappa shape index (κ2) is 4.74. The van der Waals surface area contributed by atoms with E-state index in [4.69, 9.17) is 0 Å². The summed E-state index contributed by atoms with van der Waals surface area (Å²) in [5, 5.41) is 9.18. The van der Waals surface area contributed by atoms with Gasteiger partial charge in [0.2, 0.25) is 11.8 Å². The van der Waals surface area contributed by atoms with E-state index in [1.54, 1.807) is 45.0 Å². The van der Waals surface area contributed by atoms with Crippen molar-refractivity contribution in [3.63, 3.8) is 0 Å². The van der Waals surface area contributed by atoms with Gasteiger partial charge in [0, 0.05) is 12.3 Å². The SMILES string of the molecule is CC1CC(=O)N(c2ccc(C(C)(C)C(=O)O)cc2)C1=O. The molecule has 1 fully saturated rings. The normalized spacial score (nSPS) is 19.6. The van der Waals surface area contributed by atoms with E-state index >= 15 is 0 Å². The number of carboxylic acids is 1. The number of amides is 2. The molecule has 20 heavy (non-hydrogen) atoms. The van der Waals surface area contributed by atoms with E-state index in [-0.39, 0.29) is 24.2 Å². The Morgan fingerprint density at radius 2 is 1.80 bits per heavy atom. The van der Waals surface area contributed by atoms with Crippen molar-refractivity contribution in [2.45, 2.75) is 32.6 Å². The molecule has 1 aliphatic heterocycles. The molecule has 1 heterocycles. The summed E-state index contributed by atoms with van der Waals surface area (Å²) < 4.78 is 0. The minimum atomic E-state index is -1.01. The zero-order chi connectivity index (χ0) is 15.1. The molecule has 1 N–H and O–H groups in total. The first kappa shape index (κ1) is 14.2. The average Bonchev–Trinajstić information content (AvgIpc) is 2.63. The lowest BCUT2D eigenvalue weighted by molar-refractivity contribution is -0.142. The molecular formula is C15H17NO4. The Hall–Kier alpha value is -2.17. The summed E-state index contributed by atoms with van der Waals surface area (Å²) in [5.41, 5.74) is 0.111. The molecular weight excluding hydrogens is 258 g/mol. The van der Waals surface area contributed by atoms with Gasteiger partial charge in [-0.3, -0.25) is 19.3 Å². The molecule has 1 unspecified atom stereocenters. The van der Waals surface area contributed by atoms with Crippen LogP contribution in [0.25, 0.3) is 0 Å². The van der Waals surface area contributed by atoms with Gasteiger partial charge in [0.05, 0.1) is 11.1 Å². The highest BCUT2D eigenvalue weighted by Gasteiger charge is 2.37. The maximum atomic E-state index is 11.9. The number of anilines is 1. The minimum Gasteiger partial charge on any atom is -0.481 e. The van der Waals surface area contributed by atoms with Crippen LogP contribution >= 0.6 is 0 Å². The van der Waals surface area contributed by atoms with Crippen molar-refractivity contribution >= 4 is 23.5 Å². The molecule has 1 saturated heterocycles. The number of benzene rings is 1. The average molecular weight is 275 g/mol. The lowest BCUT2D eigenvalue weighted by Gasteiger charge is -2.21. The number of nitrogens with zero attached hydrogens (tertiary/aromatic N) is 1. The molecule has 106 valence electrons. The fourth-order valence-electron chi connectivity index (χ4n) is 2.21. The van der Waals surface area contributed by atoms with Crippen molar-refractivity contribution in [3.8, 4) is 0 Å². The molecule has 5 heteroatoms. The van der Waals surface area contributed by atoms with Gasteiger partial charge in [-0.25, -0.2) is 0 Å². The second-order valence-electron chi connectivity index (χ2n) is 5.65. The van der Waals surface area contributed by atoms with Gasteiger partial charge in [-0.2, -0.15) is 0 Å². The Balaban J connectivity index is 2.32. The van der Waals surface area contributed by atoms with Crippen LogP contribution < -0.4 is 4.90 Å². The van der Waals surface area contributed by atoms with Crippen molar-refractivity contribution in [3.05, 3.63) is 29.8 Å². The number of imide groups is 1. The van der Waals surface area contributed by atoms with E-state index in [1.807, 2.05) is 0 Å². The van der Waals surface area contributed by atoms with Crippen LogP contribution in [0, 0.1) is 5.92 Å². The predicted octanol–water partition coefficient (Wildman–Crippen LogP) is 1.95.